The van der Waals surface area contributed by atoms with Crippen LogP contribution < -0.4 is 4.68 Å². The molecule has 0 saturated carbocycles. The minimum Gasteiger partial charge on any atom is -0.133 e. The Bertz CT molecular complexity index is 1490. The molecule has 0 aliphatic rings. The van der Waals surface area contributed by atoms with Crippen molar-refractivity contribution in [1.82, 2.24) is 10.1 Å². The van der Waals surface area contributed by atoms with Crippen molar-refractivity contribution in [2.24, 2.45) is 7.05 Å². The molecule has 0 unspecified atom stereocenters. The number of aromatic nitrogens is 3. The lowest BCUT2D eigenvalue weighted by Gasteiger charge is -2.23. The molecule has 5 rings (SSSR count). The molecule has 0 aliphatic heterocycles. The molecule has 0 N–H and O–H groups in total. The van der Waals surface area contributed by atoms with E-state index in [1.54, 1.807) is 0 Å². The Labute approximate surface area is 183 Å². The minimum absolute atomic E-state index is 0.0248. The van der Waals surface area contributed by atoms with Gasteiger partial charge in [0, 0.05) is 5.56 Å². The standard InChI is InChI=1S/C28H28N3/c1-17-21-13-9-10-14-22(21)24(28(3,4)5)16-23(17)27-29-26-18(2)20-12-8-7-11-19(20)15-25(26)30-31(27)6/h7-16H,1-6H3/q+1. The van der Waals surface area contributed by atoms with Crippen LogP contribution in [0.5, 0.6) is 0 Å². The Balaban J connectivity index is 1.87. The summed E-state index contributed by atoms with van der Waals surface area (Å²) in [6, 6.07) is 21.6. The summed E-state index contributed by atoms with van der Waals surface area (Å²) >= 11 is 0. The Morgan fingerprint density at radius 2 is 1.42 bits per heavy atom. The van der Waals surface area contributed by atoms with Crippen molar-refractivity contribution in [3.63, 3.8) is 0 Å². The lowest BCUT2D eigenvalue weighted by atomic mass is 9.81. The molecule has 0 radical (unpaired) electrons. The summed E-state index contributed by atoms with van der Waals surface area (Å²) in [4.78, 5) is 5.19. The van der Waals surface area contributed by atoms with E-state index in [-0.39, 0.29) is 5.41 Å². The first kappa shape index (κ1) is 19.6. The van der Waals surface area contributed by atoms with Crippen molar-refractivity contribution < 1.29 is 4.68 Å². The van der Waals surface area contributed by atoms with Gasteiger partial charge in [-0.15, -0.1) is 4.68 Å². The highest BCUT2D eigenvalue weighted by Crippen LogP contribution is 2.37. The molecule has 0 saturated heterocycles. The maximum absolute atomic E-state index is 5.19. The van der Waals surface area contributed by atoms with Crippen LogP contribution in [0.4, 0.5) is 0 Å². The van der Waals surface area contributed by atoms with Gasteiger partial charge in [0.1, 0.15) is 7.05 Å². The molecule has 0 spiro atoms. The van der Waals surface area contributed by atoms with Crippen LogP contribution in [0.25, 0.3) is 44.0 Å². The summed E-state index contributed by atoms with van der Waals surface area (Å²) in [5.41, 5.74) is 6.82. The molecule has 3 heteroatoms. The highest BCUT2D eigenvalue weighted by Gasteiger charge is 2.26. The molecular formula is C28H28N3+. The van der Waals surface area contributed by atoms with Crippen LogP contribution in [0.1, 0.15) is 37.5 Å². The van der Waals surface area contributed by atoms with Gasteiger partial charge in [0.2, 0.25) is 5.52 Å². The summed E-state index contributed by atoms with van der Waals surface area (Å²) in [6.07, 6.45) is 0. The van der Waals surface area contributed by atoms with Gasteiger partial charge < -0.3 is 0 Å². The summed E-state index contributed by atoms with van der Waals surface area (Å²) in [5.74, 6) is 0.902. The second kappa shape index (κ2) is 6.84. The fourth-order valence-corrected chi connectivity index (χ4v) is 4.71. The summed E-state index contributed by atoms with van der Waals surface area (Å²) in [6.45, 7) is 11.2. The Kier molecular flexibility index (Phi) is 4.33. The lowest BCUT2D eigenvalue weighted by molar-refractivity contribution is -0.720. The SMILES string of the molecule is Cc1c(-c2nc3c(C)c4ccccc4cc3n[n+]2C)cc(C(C)(C)C)c2ccccc12. The number of hydrogen-bond acceptors (Lipinski definition) is 2. The Hall–Kier alpha value is -3.33. The van der Waals surface area contributed by atoms with E-state index in [0.29, 0.717) is 0 Å². The lowest BCUT2D eigenvalue weighted by Crippen LogP contribution is -2.37. The Morgan fingerprint density at radius 1 is 0.774 bits per heavy atom. The fraction of sp³-hybridized carbons (Fsp3) is 0.250. The summed E-state index contributed by atoms with van der Waals surface area (Å²) in [7, 11) is 2.00. The zero-order valence-electron chi connectivity index (χ0n) is 19.1. The predicted octanol–water partition coefficient (Wildman–Crippen LogP) is 6.34. The van der Waals surface area contributed by atoms with Crippen LogP contribution in [0.2, 0.25) is 0 Å². The molecule has 1 aromatic heterocycles. The molecule has 154 valence electrons. The van der Waals surface area contributed by atoms with Crippen LogP contribution >= 0.6 is 0 Å². The van der Waals surface area contributed by atoms with Crippen molar-refractivity contribution in [3.8, 4) is 11.4 Å². The monoisotopic (exact) mass is 406 g/mol. The van der Waals surface area contributed by atoms with E-state index in [9.17, 15) is 0 Å². The molecule has 31 heavy (non-hydrogen) atoms. The van der Waals surface area contributed by atoms with Gasteiger partial charge in [-0.1, -0.05) is 74.4 Å². The van der Waals surface area contributed by atoms with Gasteiger partial charge in [-0.2, -0.15) is 0 Å². The number of rotatable bonds is 1. The van der Waals surface area contributed by atoms with Crippen molar-refractivity contribution in [1.29, 1.82) is 0 Å². The third-order valence-corrected chi connectivity index (χ3v) is 6.40. The molecule has 0 amide bonds. The van der Waals surface area contributed by atoms with Crippen molar-refractivity contribution in [2.45, 2.75) is 40.0 Å². The van der Waals surface area contributed by atoms with Crippen LogP contribution in [0.15, 0.2) is 60.7 Å². The minimum atomic E-state index is 0.0248. The predicted molar refractivity (Wildman–Crippen MR) is 129 cm³/mol. The van der Waals surface area contributed by atoms with Gasteiger partial charge >= 0.3 is 5.82 Å². The van der Waals surface area contributed by atoms with E-state index in [4.69, 9.17) is 10.1 Å². The average molecular weight is 407 g/mol. The molecule has 1 heterocycles. The first-order valence-corrected chi connectivity index (χ1v) is 10.9. The topological polar surface area (TPSA) is 29.7 Å². The molecule has 0 bridgehead atoms. The zero-order valence-corrected chi connectivity index (χ0v) is 19.1. The first-order chi connectivity index (χ1) is 14.8. The summed E-state index contributed by atoms with van der Waals surface area (Å²) in [5, 5.41) is 9.96. The highest BCUT2D eigenvalue weighted by atomic mass is 15.3. The number of hydrogen-bond donors (Lipinski definition) is 0. The van der Waals surface area contributed by atoms with E-state index < -0.39 is 0 Å². The quantitative estimate of drug-likeness (QED) is 0.240. The van der Waals surface area contributed by atoms with Crippen LogP contribution in [-0.4, -0.2) is 10.1 Å². The van der Waals surface area contributed by atoms with Gasteiger partial charge in [0.25, 0.3) is 0 Å². The van der Waals surface area contributed by atoms with Crippen molar-refractivity contribution in [3.05, 3.63) is 77.4 Å². The molecule has 0 fully saturated rings. The number of nitrogens with zero attached hydrogens (tertiary/aromatic N) is 3. The largest absolute Gasteiger partial charge is 0.351 e. The average Bonchev–Trinajstić information content (AvgIpc) is 2.73. The molecule has 0 atom stereocenters. The number of aryl methyl sites for hydroxylation is 3. The molecule has 0 aliphatic carbocycles. The fourth-order valence-electron chi connectivity index (χ4n) is 4.71. The summed E-state index contributed by atoms with van der Waals surface area (Å²) < 4.78 is 1.93. The Morgan fingerprint density at radius 3 is 2.13 bits per heavy atom. The highest BCUT2D eigenvalue weighted by molar-refractivity contribution is 5.99. The van der Waals surface area contributed by atoms with Gasteiger partial charge in [0.15, 0.2) is 5.52 Å². The van der Waals surface area contributed by atoms with Crippen LogP contribution in [-0.2, 0) is 12.5 Å². The van der Waals surface area contributed by atoms with Crippen molar-refractivity contribution >= 4 is 32.6 Å². The second-order valence-corrected chi connectivity index (χ2v) is 9.54. The van der Waals surface area contributed by atoms with E-state index in [2.05, 4.69) is 95.3 Å². The third-order valence-electron chi connectivity index (χ3n) is 6.40. The molecular weight excluding hydrogens is 378 g/mol. The van der Waals surface area contributed by atoms with Crippen LogP contribution in [0, 0.1) is 13.8 Å². The van der Waals surface area contributed by atoms with Gasteiger partial charge in [-0.25, -0.2) is 0 Å². The van der Waals surface area contributed by atoms with Gasteiger partial charge in [-0.05, 0) is 69.1 Å². The van der Waals surface area contributed by atoms with Gasteiger partial charge in [-0.3, -0.25) is 0 Å². The van der Waals surface area contributed by atoms with Crippen molar-refractivity contribution in [2.75, 3.05) is 0 Å². The number of fused-ring (bicyclic) bond motifs is 3. The molecule has 4 aromatic carbocycles. The van der Waals surface area contributed by atoms with Gasteiger partial charge in [0.05, 0.1) is 5.56 Å². The number of benzene rings is 4. The normalized spacial score (nSPS) is 12.2. The maximum Gasteiger partial charge on any atom is 0.351 e. The smallest absolute Gasteiger partial charge is 0.133 e. The third kappa shape index (κ3) is 3.07. The second-order valence-electron chi connectivity index (χ2n) is 9.54. The van der Waals surface area contributed by atoms with E-state index in [0.717, 1.165) is 22.4 Å². The molecule has 5 aromatic rings. The van der Waals surface area contributed by atoms with E-state index >= 15 is 0 Å². The van der Waals surface area contributed by atoms with Crippen LogP contribution in [0.3, 0.4) is 0 Å². The van der Waals surface area contributed by atoms with E-state index in [1.165, 1.54) is 38.2 Å². The first-order valence-electron chi connectivity index (χ1n) is 10.9. The zero-order chi connectivity index (χ0) is 21.9. The van der Waals surface area contributed by atoms with E-state index in [1.807, 2.05) is 11.7 Å². The maximum atomic E-state index is 5.19. The molecule has 3 nitrogen and oxygen atoms in total.